The van der Waals surface area contributed by atoms with Gasteiger partial charge in [-0.15, -0.1) is 0 Å². The van der Waals surface area contributed by atoms with E-state index in [0.29, 0.717) is 6.42 Å². The van der Waals surface area contributed by atoms with Crippen LogP contribution in [-0.2, 0) is 9.53 Å². The van der Waals surface area contributed by atoms with Gasteiger partial charge in [0.2, 0.25) is 0 Å². The third kappa shape index (κ3) is 2.31. The molecule has 0 radical (unpaired) electrons. The van der Waals surface area contributed by atoms with Gasteiger partial charge in [0.15, 0.2) is 5.78 Å². The molecule has 0 saturated heterocycles. The number of ether oxygens (including phenoxy) is 1. The molecule has 2 heteroatoms. The highest BCUT2D eigenvalue weighted by Crippen LogP contribution is 2.31. The summed E-state index contributed by atoms with van der Waals surface area (Å²) < 4.78 is 5.46. The van der Waals surface area contributed by atoms with Crippen molar-refractivity contribution in [1.29, 1.82) is 0 Å². The summed E-state index contributed by atoms with van der Waals surface area (Å²) in [6.45, 7) is 1.92. The molecule has 1 fully saturated rings. The smallest absolute Gasteiger partial charge is 0.164 e. The van der Waals surface area contributed by atoms with Crippen molar-refractivity contribution < 1.29 is 9.53 Å². The van der Waals surface area contributed by atoms with Crippen molar-refractivity contribution in [2.75, 3.05) is 7.11 Å². The Morgan fingerprint density at radius 1 is 1.23 bits per heavy atom. The average molecular weight is 184 g/mol. The number of rotatable bonds is 3. The molecular weight excluding hydrogens is 164 g/mol. The summed E-state index contributed by atoms with van der Waals surface area (Å²) >= 11 is 0. The molecule has 0 aliphatic heterocycles. The van der Waals surface area contributed by atoms with E-state index in [2.05, 4.69) is 0 Å². The maximum absolute atomic E-state index is 11.7. The molecule has 0 heterocycles. The normalized spacial score (nSPS) is 22.3. The number of carbonyl (C=O) groups excluding carboxylic acids is 1. The van der Waals surface area contributed by atoms with Crippen molar-refractivity contribution in [2.24, 2.45) is 0 Å². The Morgan fingerprint density at radius 2 is 1.77 bits per heavy atom. The molecule has 1 aliphatic carbocycles. The van der Waals surface area contributed by atoms with E-state index in [1.54, 1.807) is 7.11 Å². The van der Waals surface area contributed by atoms with Crippen LogP contribution < -0.4 is 0 Å². The second-order valence-corrected chi connectivity index (χ2v) is 3.89. The topological polar surface area (TPSA) is 26.3 Å². The van der Waals surface area contributed by atoms with E-state index < -0.39 is 5.60 Å². The second kappa shape index (κ2) is 4.75. The van der Waals surface area contributed by atoms with Gasteiger partial charge in [0.05, 0.1) is 0 Å². The molecule has 0 aromatic heterocycles. The quantitative estimate of drug-likeness (QED) is 0.630. The molecule has 0 aromatic carbocycles. The first-order valence-corrected chi connectivity index (χ1v) is 5.33. The molecule has 1 rings (SSSR count). The molecule has 76 valence electrons. The fourth-order valence-electron chi connectivity index (χ4n) is 2.22. The standard InChI is InChI=1S/C11H20O2/c1-3-10(12)11(13-2)8-6-4-5-7-9-11/h3-9H2,1-2H3. The molecule has 0 unspecified atom stereocenters. The van der Waals surface area contributed by atoms with E-state index in [1.165, 1.54) is 12.8 Å². The number of methoxy groups -OCH3 is 1. The first-order chi connectivity index (χ1) is 6.25. The molecule has 0 amide bonds. The van der Waals surface area contributed by atoms with E-state index in [1.807, 2.05) is 6.92 Å². The van der Waals surface area contributed by atoms with Gasteiger partial charge in [0.1, 0.15) is 5.60 Å². The van der Waals surface area contributed by atoms with Crippen molar-refractivity contribution in [3.63, 3.8) is 0 Å². The zero-order chi connectivity index (χ0) is 9.73. The molecule has 0 aromatic rings. The Bertz CT molecular complexity index is 167. The molecule has 0 N–H and O–H groups in total. The van der Waals surface area contributed by atoms with Crippen LogP contribution >= 0.6 is 0 Å². The molecule has 0 bridgehead atoms. The summed E-state index contributed by atoms with van der Waals surface area (Å²) in [6, 6.07) is 0. The van der Waals surface area contributed by atoms with Crippen LogP contribution in [0, 0.1) is 0 Å². The summed E-state index contributed by atoms with van der Waals surface area (Å²) in [5, 5.41) is 0. The van der Waals surface area contributed by atoms with E-state index >= 15 is 0 Å². The third-order valence-corrected chi connectivity index (χ3v) is 3.13. The van der Waals surface area contributed by atoms with Crippen molar-refractivity contribution in [1.82, 2.24) is 0 Å². The van der Waals surface area contributed by atoms with E-state index in [-0.39, 0.29) is 5.78 Å². The fourth-order valence-corrected chi connectivity index (χ4v) is 2.22. The summed E-state index contributed by atoms with van der Waals surface area (Å²) in [5.74, 6) is 0.289. The minimum atomic E-state index is -0.425. The van der Waals surface area contributed by atoms with E-state index in [9.17, 15) is 4.79 Å². The minimum absolute atomic E-state index is 0.289. The fraction of sp³-hybridized carbons (Fsp3) is 0.909. The molecule has 2 nitrogen and oxygen atoms in total. The highest BCUT2D eigenvalue weighted by Gasteiger charge is 2.36. The molecule has 0 atom stereocenters. The lowest BCUT2D eigenvalue weighted by molar-refractivity contribution is -0.142. The van der Waals surface area contributed by atoms with Crippen molar-refractivity contribution >= 4 is 5.78 Å². The van der Waals surface area contributed by atoms with Gasteiger partial charge in [0.25, 0.3) is 0 Å². The number of hydrogen-bond acceptors (Lipinski definition) is 2. The van der Waals surface area contributed by atoms with Crippen LogP contribution in [0.5, 0.6) is 0 Å². The lowest BCUT2D eigenvalue weighted by atomic mass is 9.88. The largest absolute Gasteiger partial charge is 0.370 e. The van der Waals surface area contributed by atoms with Gasteiger partial charge in [-0.2, -0.15) is 0 Å². The maximum atomic E-state index is 11.7. The Hall–Kier alpha value is -0.370. The van der Waals surface area contributed by atoms with Crippen LogP contribution in [-0.4, -0.2) is 18.5 Å². The van der Waals surface area contributed by atoms with Gasteiger partial charge in [-0.05, 0) is 12.8 Å². The van der Waals surface area contributed by atoms with Crippen LogP contribution in [0.4, 0.5) is 0 Å². The monoisotopic (exact) mass is 184 g/mol. The molecule has 0 spiro atoms. The highest BCUT2D eigenvalue weighted by molar-refractivity contribution is 5.87. The number of Topliss-reactive ketones (excluding diaryl/α,β-unsaturated/α-hetero) is 1. The van der Waals surface area contributed by atoms with Crippen molar-refractivity contribution in [3.05, 3.63) is 0 Å². The van der Waals surface area contributed by atoms with E-state index in [0.717, 1.165) is 25.7 Å². The molecule has 1 saturated carbocycles. The molecular formula is C11H20O2. The number of hydrogen-bond donors (Lipinski definition) is 0. The maximum Gasteiger partial charge on any atom is 0.164 e. The summed E-state index contributed by atoms with van der Waals surface area (Å²) in [4.78, 5) is 11.7. The Balaban J connectivity index is 2.70. The van der Waals surface area contributed by atoms with Crippen LogP contribution in [0.2, 0.25) is 0 Å². The summed E-state index contributed by atoms with van der Waals surface area (Å²) in [7, 11) is 1.68. The van der Waals surface area contributed by atoms with Gasteiger partial charge in [-0.25, -0.2) is 0 Å². The zero-order valence-electron chi connectivity index (χ0n) is 8.77. The van der Waals surface area contributed by atoms with Crippen LogP contribution in [0.25, 0.3) is 0 Å². The lowest BCUT2D eigenvalue weighted by Gasteiger charge is -2.29. The Morgan fingerprint density at radius 3 is 2.15 bits per heavy atom. The van der Waals surface area contributed by atoms with Crippen molar-refractivity contribution in [2.45, 2.75) is 57.5 Å². The lowest BCUT2D eigenvalue weighted by Crippen LogP contribution is -2.39. The van der Waals surface area contributed by atoms with Gasteiger partial charge in [0, 0.05) is 13.5 Å². The van der Waals surface area contributed by atoms with Crippen LogP contribution in [0.1, 0.15) is 51.9 Å². The van der Waals surface area contributed by atoms with Gasteiger partial charge < -0.3 is 4.74 Å². The third-order valence-electron chi connectivity index (χ3n) is 3.13. The van der Waals surface area contributed by atoms with E-state index in [4.69, 9.17) is 4.74 Å². The Labute approximate surface area is 80.7 Å². The van der Waals surface area contributed by atoms with Gasteiger partial charge in [-0.3, -0.25) is 4.79 Å². The summed E-state index contributed by atoms with van der Waals surface area (Å²) in [5.41, 5.74) is -0.425. The SMILES string of the molecule is CCC(=O)C1(OC)CCCCCC1. The highest BCUT2D eigenvalue weighted by atomic mass is 16.5. The Kier molecular flexibility index (Phi) is 3.91. The number of carbonyl (C=O) groups is 1. The second-order valence-electron chi connectivity index (χ2n) is 3.89. The predicted octanol–water partition coefficient (Wildman–Crippen LogP) is 2.70. The predicted molar refractivity (Wildman–Crippen MR) is 52.7 cm³/mol. The van der Waals surface area contributed by atoms with Crippen molar-refractivity contribution in [3.8, 4) is 0 Å². The first kappa shape index (κ1) is 10.7. The van der Waals surface area contributed by atoms with Gasteiger partial charge >= 0.3 is 0 Å². The summed E-state index contributed by atoms with van der Waals surface area (Å²) in [6.07, 6.45) is 7.24. The zero-order valence-corrected chi connectivity index (χ0v) is 8.77. The molecule has 1 aliphatic rings. The minimum Gasteiger partial charge on any atom is -0.370 e. The van der Waals surface area contributed by atoms with Crippen LogP contribution in [0.15, 0.2) is 0 Å². The average Bonchev–Trinajstić information content (AvgIpc) is 2.42. The van der Waals surface area contributed by atoms with Gasteiger partial charge in [-0.1, -0.05) is 32.6 Å². The number of ketones is 1. The first-order valence-electron chi connectivity index (χ1n) is 5.33. The molecule has 13 heavy (non-hydrogen) atoms. The van der Waals surface area contributed by atoms with Crippen LogP contribution in [0.3, 0.4) is 0 Å².